The second kappa shape index (κ2) is 6.86. The number of nitrogens with one attached hydrogen (secondary N) is 1. The molecule has 0 aromatic heterocycles. The zero-order chi connectivity index (χ0) is 14.6. The van der Waals surface area contributed by atoms with E-state index in [1.54, 1.807) is 4.90 Å². The number of carbonyl (C=O) groups excluding carboxylic acids is 2. The number of amides is 2. The molecule has 6 heteroatoms. The Morgan fingerprint density at radius 3 is 2.32 bits per heavy atom. The lowest BCUT2D eigenvalue weighted by molar-refractivity contribution is -0.143. The van der Waals surface area contributed by atoms with Crippen LogP contribution in [0.4, 0.5) is 0 Å². The number of ether oxygens (including phenoxy) is 1. The number of hydrogen-bond donors (Lipinski definition) is 2. The maximum atomic E-state index is 12.0. The average Bonchev–Trinajstić information content (AvgIpc) is 2.33. The van der Waals surface area contributed by atoms with Gasteiger partial charge in [-0.25, -0.2) is 0 Å². The first kappa shape index (κ1) is 15.9. The van der Waals surface area contributed by atoms with E-state index in [1.165, 1.54) is 0 Å². The first-order chi connectivity index (χ1) is 8.81. The molecule has 1 heterocycles. The largest absolute Gasteiger partial charge is 0.372 e. The maximum absolute atomic E-state index is 12.0. The van der Waals surface area contributed by atoms with E-state index in [0.29, 0.717) is 13.1 Å². The Morgan fingerprint density at radius 2 is 1.84 bits per heavy atom. The minimum Gasteiger partial charge on any atom is -0.372 e. The molecular weight excluding hydrogens is 246 g/mol. The smallest absolute Gasteiger partial charge is 0.242 e. The van der Waals surface area contributed by atoms with Gasteiger partial charge in [0.25, 0.3) is 0 Å². The fourth-order valence-electron chi connectivity index (χ4n) is 2.08. The summed E-state index contributed by atoms with van der Waals surface area (Å²) in [5, 5.41) is 2.59. The molecule has 0 spiro atoms. The molecule has 1 aliphatic rings. The van der Waals surface area contributed by atoms with E-state index in [2.05, 4.69) is 5.32 Å². The average molecular weight is 271 g/mol. The predicted molar refractivity (Wildman–Crippen MR) is 72.4 cm³/mol. The standard InChI is InChI=1S/C13H25N3O3/c1-8(2)12(14)13(18)15-5-11(17)16-6-9(3)19-10(4)7-16/h8-10,12H,5-7,14H2,1-4H3,(H,15,18)/t9-,10+,12-/m0/s1. The molecule has 0 bridgehead atoms. The predicted octanol–water partition coefficient (Wildman–Crippen LogP) is -0.278. The van der Waals surface area contributed by atoms with Crippen LogP contribution in [0.25, 0.3) is 0 Å². The van der Waals surface area contributed by atoms with E-state index < -0.39 is 6.04 Å². The van der Waals surface area contributed by atoms with E-state index in [9.17, 15) is 9.59 Å². The van der Waals surface area contributed by atoms with Crippen LogP contribution in [0.1, 0.15) is 27.7 Å². The highest BCUT2D eigenvalue weighted by Crippen LogP contribution is 2.10. The van der Waals surface area contributed by atoms with Crippen molar-refractivity contribution < 1.29 is 14.3 Å². The van der Waals surface area contributed by atoms with E-state index in [-0.39, 0.29) is 36.5 Å². The highest BCUT2D eigenvalue weighted by molar-refractivity contribution is 5.87. The summed E-state index contributed by atoms with van der Waals surface area (Å²) in [4.78, 5) is 25.4. The molecule has 0 saturated carbocycles. The van der Waals surface area contributed by atoms with Gasteiger partial charge in [-0.2, -0.15) is 0 Å². The quantitative estimate of drug-likeness (QED) is 0.736. The molecule has 0 unspecified atom stereocenters. The van der Waals surface area contributed by atoms with Crippen LogP contribution in [0.2, 0.25) is 0 Å². The summed E-state index contributed by atoms with van der Waals surface area (Å²) in [6.45, 7) is 8.74. The van der Waals surface area contributed by atoms with Crippen molar-refractivity contribution in [2.24, 2.45) is 11.7 Å². The normalized spacial score (nSPS) is 25.3. The molecule has 6 nitrogen and oxygen atoms in total. The molecule has 1 fully saturated rings. The Bertz CT molecular complexity index is 323. The number of hydrogen-bond acceptors (Lipinski definition) is 4. The highest BCUT2D eigenvalue weighted by Gasteiger charge is 2.26. The zero-order valence-corrected chi connectivity index (χ0v) is 12.2. The van der Waals surface area contributed by atoms with Crippen molar-refractivity contribution >= 4 is 11.8 Å². The van der Waals surface area contributed by atoms with Gasteiger partial charge in [0.1, 0.15) is 0 Å². The van der Waals surface area contributed by atoms with Crippen molar-refractivity contribution in [2.45, 2.75) is 45.9 Å². The number of nitrogens with zero attached hydrogens (tertiary/aromatic N) is 1. The fourth-order valence-corrected chi connectivity index (χ4v) is 2.08. The summed E-state index contributed by atoms with van der Waals surface area (Å²) in [5.41, 5.74) is 5.71. The summed E-state index contributed by atoms with van der Waals surface area (Å²) >= 11 is 0. The van der Waals surface area contributed by atoms with Gasteiger partial charge in [-0.05, 0) is 19.8 Å². The van der Waals surface area contributed by atoms with Gasteiger partial charge in [0.2, 0.25) is 11.8 Å². The molecule has 2 amide bonds. The Hall–Kier alpha value is -1.14. The first-order valence-corrected chi connectivity index (χ1v) is 6.77. The van der Waals surface area contributed by atoms with Gasteiger partial charge in [-0.3, -0.25) is 9.59 Å². The fraction of sp³-hybridized carbons (Fsp3) is 0.846. The monoisotopic (exact) mass is 271 g/mol. The third-order valence-corrected chi connectivity index (χ3v) is 3.21. The minimum absolute atomic E-state index is 0.00130. The van der Waals surface area contributed by atoms with Crippen molar-refractivity contribution in [3.63, 3.8) is 0 Å². The summed E-state index contributed by atoms with van der Waals surface area (Å²) in [7, 11) is 0. The van der Waals surface area contributed by atoms with Gasteiger partial charge in [0.05, 0.1) is 24.8 Å². The van der Waals surface area contributed by atoms with Crippen LogP contribution in [-0.2, 0) is 14.3 Å². The molecule has 0 aliphatic carbocycles. The Kier molecular flexibility index (Phi) is 5.75. The van der Waals surface area contributed by atoms with Gasteiger partial charge >= 0.3 is 0 Å². The number of morpholine rings is 1. The van der Waals surface area contributed by atoms with Gasteiger partial charge in [0.15, 0.2) is 0 Å². The van der Waals surface area contributed by atoms with Crippen molar-refractivity contribution in [3.05, 3.63) is 0 Å². The summed E-state index contributed by atoms with van der Waals surface area (Å²) in [6, 6.07) is -0.574. The van der Waals surface area contributed by atoms with Crippen molar-refractivity contribution in [2.75, 3.05) is 19.6 Å². The first-order valence-electron chi connectivity index (χ1n) is 6.77. The molecule has 0 radical (unpaired) electrons. The van der Waals surface area contributed by atoms with Gasteiger partial charge in [0, 0.05) is 13.1 Å². The van der Waals surface area contributed by atoms with E-state index in [1.807, 2.05) is 27.7 Å². The topological polar surface area (TPSA) is 84.7 Å². The minimum atomic E-state index is -0.574. The molecule has 0 aromatic rings. The van der Waals surface area contributed by atoms with Crippen LogP contribution >= 0.6 is 0 Å². The van der Waals surface area contributed by atoms with E-state index in [4.69, 9.17) is 10.5 Å². The second-order valence-corrected chi connectivity index (χ2v) is 5.54. The molecule has 19 heavy (non-hydrogen) atoms. The van der Waals surface area contributed by atoms with Crippen LogP contribution in [0.3, 0.4) is 0 Å². The SMILES string of the molecule is CC(C)[C@H](N)C(=O)NCC(=O)N1C[C@@H](C)O[C@@H](C)C1. The summed E-state index contributed by atoms with van der Waals surface area (Å²) in [6.07, 6.45) is 0.0580. The van der Waals surface area contributed by atoms with Crippen LogP contribution < -0.4 is 11.1 Å². The van der Waals surface area contributed by atoms with E-state index in [0.717, 1.165) is 0 Å². The van der Waals surface area contributed by atoms with Crippen LogP contribution in [0.5, 0.6) is 0 Å². The Morgan fingerprint density at radius 1 is 1.32 bits per heavy atom. The zero-order valence-electron chi connectivity index (χ0n) is 12.2. The van der Waals surface area contributed by atoms with Crippen molar-refractivity contribution in [1.29, 1.82) is 0 Å². The number of carbonyl (C=O) groups is 2. The lowest BCUT2D eigenvalue weighted by atomic mass is 10.1. The van der Waals surface area contributed by atoms with Crippen LogP contribution in [-0.4, -0.2) is 54.6 Å². The molecule has 3 N–H and O–H groups in total. The Balaban J connectivity index is 2.41. The summed E-state index contributed by atoms with van der Waals surface area (Å²) in [5.74, 6) is -0.317. The van der Waals surface area contributed by atoms with Crippen LogP contribution in [0.15, 0.2) is 0 Å². The van der Waals surface area contributed by atoms with E-state index >= 15 is 0 Å². The van der Waals surface area contributed by atoms with Crippen molar-refractivity contribution in [3.8, 4) is 0 Å². The molecule has 0 aromatic carbocycles. The lowest BCUT2D eigenvalue weighted by Gasteiger charge is -2.35. The lowest BCUT2D eigenvalue weighted by Crippen LogP contribution is -2.52. The molecule has 110 valence electrons. The van der Waals surface area contributed by atoms with Gasteiger partial charge in [-0.15, -0.1) is 0 Å². The van der Waals surface area contributed by atoms with Gasteiger partial charge < -0.3 is 20.7 Å². The third kappa shape index (κ3) is 4.80. The highest BCUT2D eigenvalue weighted by atomic mass is 16.5. The Labute approximate surface area is 114 Å². The molecule has 1 saturated heterocycles. The van der Waals surface area contributed by atoms with Gasteiger partial charge in [-0.1, -0.05) is 13.8 Å². The third-order valence-electron chi connectivity index (χ3n) is 3.21. The number of nitrogens with two attached hydrogens (primary N) is 1. The second-order valence-electron chi connectivity index (χ2n) is 5.54. The number of rotatable bonds is 4. The van der Waals surface area contributed by atoms with Crippen molar-refractivity contribution in [1.82, 2.24) is 10.2 Å². The maximum Gasteiger partial charge on any atom is 0.242 e. The molecule has 1 aliphatic heterocycles. The molecule has 1 rings (SSSR count). The van der Waals surface area contributed by atoms with Crippen LogP contribution in [0, 0.1) is 5.92 Å². The summed E-state index contributed by atoms with van der Waals surface area (Å²) < 4.78 is 5.56. The molecular formula is C13H25N3O3. The molecule has 3 atom stereocenters.